The summed E-state index contributed by atoms with van der Waals surface area (Å²) in [5.74, 6) is -0.406. The normalized spacial score (nSPS) is 15.1. The zero-order chi connectivity index (χ0) is 9.23. The summed E-state index contributed by atoms with van der Waals surface area (Å²) in [7, 11) is 0. The first-order valence-electron chi connectivity index (χ1n) is 3.78. The molecule has 0 spiro atoms. The lowest BCUT2D eigenvalue weighted by atomic mass is 9.80. The molecule has 0 aromatic carbocycles. The van der Waals surface area contributed by atoms with Crippen molar-refractivity contribution in [1.29, 1.82) is 0 Å². The monoisotopic (exact) mass is 159 g/mol. The van der Waals surface area contributed by atoms with Crippen LogP contribution in [-0.2, 0) is 4.79 Å². The molecule has 0 radical (unpaired) electrons. The minimum Gasteiger partial charge on any atom is -0.392 e. The van der Waals surface area contributed by atoms with E-state index < -0.39 is 17.4 Å². The fourth-order valence-corrected chi connectivity index (χ4v) is 0.979. The fraction of sp³-hybridized carbons (Fsp3) is 0.875. The molecule has 0 aliphatic heterocycles. The van der Waals surface area contributed by atoms with E-state index >= 15 is 0 Å². The molecule has 0 saturated carbocycles. The van der Waals surface area contributed by atoms with Gasteiger partial charge in [0, 0.05) is 0 Å². The number of carbonyl (C=O) groups is 1. The molecule has 0 heterocycles. The molecule has 0 aliphatic carbocycles. The van der Waals surface area contributed by atoms with Crippen molar-refractivity contribution in [3.63, 3.8) is 0 Å². The van der Waals surface area contributed by atoms with Crippen molar-refractivity contribution in [2.45, 2.75) is 33.8 Å². The Bertz CT molecular complexity index is 152. The van der Waals surface area contributed by atoms with Crippen LogP contribution in [0.3, 0.4) is 0 Å². The summed E-state index contributed by atoms with van der Waals surface area (Å²) < 4.78 is 0. The van der Waals surface area contributed by atoms with Gasteiger partial charge in [0.15, 0.2) is 0 Å². The first kappa shape index (κ1) is 10.4. The van der Waals surface area contributed by atoms with Crippen LogP contribution in [0.4, 0.5) is 0 Å². The van der Waals surface area contributed by atoms with Crippen LogP contribution in [0.5, 0.6) is 0 Å². The Morgan fingerprint density at radius 2 is 1.82 bits per heavy atom. The Labute approximate surface area is 67.6 Å². The Morgan fingerprint density at radius 1 is 1.45 bits per heavy atom. The number of amides is 1. The molecule has 0 aliphatic rings. The van der Waals surface area contributed by atoms with Crippen molar-refractivity contribution in [3.05, 3.63) is 0 Å². The third-order valence-corrected chi connectivity index (χ3v) is 2.01. The average molecular weight is 159 g/mol. The summed E-state index contributed by atoms with van der Waals surface area (Å²) in [6.45, 7) is 7.02. The van der Waals surface area contributed by atoms with Crippen molar-refractivity contribution >= 4 is 5.91 Å². The van der Waals surface area contributed by atoms with Gasteiger partial charge in [0.25, 0.3) is 0 Å². The van der Waals surface area contributed by atoms with Gasteiger partial charge in [0.1, 0.15) is 0 Å². The van der Waals surface area contributed by atoms with Crippen molar-refractivity contribution in [2.24, 2.45) is 17.1 Å². The zero-order valence-electron chi connectivity index (χ0n) is 7.59. The van der Waals surface area contributed by atoms with Crippen LogP contribution in [0.1, 0.15) is 27.7 Å². The third kappa shape index (κ3) is 2.19. The molecule has 66 valence electrons. The Balaban J connectivity index is 4.42. The van der Waals surface area contributed by atoms with Gasteiger partial charge in [0.05, 0.1) is 11.5 Å². The van der Waals surface area contributed by atoms with Crippen LogP contribution in [-0.4, -0.2) is 17.1 Å². The molecule has 0 fully saturated rings. The Hall–Kier alpha value is -0.570. The number of hydrogen-bond donors (Lipinski definition) is 2. The van der Waals surface area contributed by atoms with Gasteiger partial charge in [-0.2, -0.15) is 0 Å². The van der Waals surface area contributed by atoms with Crippen molar-refractivity contribution in [2.75, 3.05) is 0 Å². The molecule has 1 amide bonds. The minimum absolute atomic E-state index is 0.0532. The minimum atomic E-state index is -0.825. The fourth-order valence-electron chi connectivity index (χ4n) is 0.979. The quantitative estimate of drug-likeness (QED) is 0.630. The maximum absolute atomic E-state index is 10.8. The van der Waals surface area contributed by atoms with E-state index in [-0.39, 0.29) is 5.92 Å². The van der Waals surface area contributed by atoms with Crippen LogP contribution in [0.2, 0.25) is 0 Å². The standard InChI is InChI=1S/C8H17NO2/c1-5(2)6(10)8(3,4)7(9)11/h5-6,10H,1-4H3,(H2,9,11). The SMILES string of the molecule is CC(C)C(O)C(C)(C)C(N)=O. The van der Waals surface area contributed by atoms with Gasteiger partial charge in [-0.25, -0.2) is 0 Å². The van der Waals surface area contributed by atoms with E-state index in [9.17, 15) is 9.90 Å². The van der Waals surface area contributed by atoms with Crippen LogP contribution in [0.15, 0.2) is 0 Å². The van der Waals surface area contributed by atoms with Crippen molar-refractivity contribution in [1.82, 2.24) is 0 Å². The third-order valence-electron chi connectivity index (χ3n) is 2.01. The summed E-state index contributed by atoms with van der Waals surface area (Å²) >= 11 is 0. The molecule has 0 rings (SSSR count). The predicted octanol–water partition coefficient (Wildman–Crippen LogP) is 0.515. The molecule has 3 heteroatoms. The molecule has 1 atom stereocenters. The highest BCUT2D eigenvalue weighted by Crippen LogP contribution is 2.25. The molecule has 3 nitrogen and oxygen atoms in total. The van der Waals surface area contributed by atoms with E-state index in [1.165, 1.54) is 0 Å². The van der Waals surface area contributed by atoms with E-state index in [4.69, 9.17) is 5.73 Å². The maximum Gasteiger partial charge on any atom is 0.225 e. The number of aliphatic hydroxyl groups is 1. The molecule has 0 bridgehead atoms. The second-order valence-corrected chi connectivity index (χ2v) is 3.77. The van der Waals surface area contributed by atoms with Crippen LogP contribution in [0, 0.1) is 11.3 Å². The van der Waals surface area contributed by atoms with Gasteiger partial charge in [-0.05, 0) is 19.8 Å². The van der Waals surface area contributed by atoms with Crippen LogP contribution >= 0.6 is 0 Å². The van der Waals surface area contributed by atoms with E-state index in [2.05, 4.69) is 0 Å². The van der Waals surface area contributed by atoms with E-state index in [0.29, 0.717) is 0 Å². The van der Waals surface area contributed by atoms with E-state index in [1.807, 2.05) is 13.8 Å². The van der Waals surface area contributed by atoms with E-state index in [1.54, 1.807) is 13.8 Å². The highest BCUT2D eigenvalue weighted by Gasteiger charge is 2.35. The molecule has 0 aromatic rings. The lowest BCUT2D eigenvalue weighted by Crippen LogP contribution is -2.44. The summed E-state index contributed by atoms with van der Waals surface area (Å²) in [5, 5.41) is 9.52. The van der Waals surface area contributed by atoms with Gasteiger partial charge in [-0.3, -0.25) is 4.79 Å². The number of hydrogen-bond acceptors (Lipinski definition) is 2. The molecule has 11 heavy (non-hydrogen) atoms. The first-order valence-corrected chi connectivity index (χ1v) is 3.78. The van der Waals surface area contributed by atoms with Gasteiger partial charge < -0.3 is 10.8 Å². The lowest BCUT2D eigenvalue weighted by molar-refractivity contribution is -0.133. The number of primary amides is 1. The second kappa shape index (κ2) is 3.22. The number of nitrogens with two attached hydrogens (primary N) is 1. The largest absolute Gasteiger partial charge is 0.392 e. The van der Waals surface area contributed by atoms with Gasteiger partial charge in [0.2, 0.25) is 5.91 Å². The smallest absolute Gasteiger partial charge is 0.225 e. The van der Waals surface area contributed by atoms with Crippen LogP contribution < -0.4 is 5.73 Å². The summed E-state index contributed by atoms with van der Waals surface area (Å²) in [6, 6.07) is 0. The lowest BCUT2D eigenvalue weighted by Gasteiger charge is -2.29. The summed E-state index contributed by atoms with van der Waals surface area (Å²) in [4.78, 5) is 10.8. The first-order chi connectivity index (χ1) is 4.80. The number of carbonyl (C=O) groups excluding carboxylic acids is 1. The molecule has 0 saturated heterocycles. The number of rotatable bonds is 3. The Kier molecular flexibility index (Phi) is 3.05. The van der Waals surface area contributed by atoms with Crippen molar-refractivity contribution < 1.29 is 9.90 Å². The molecule has 1 unspecified atom stereocenters. The van der Waals surface area contributed by atoms with E-state index in [0.717, 1.165) is 0 Å². The van der Waals surface area contributed by atoms with Crippen molar-refractivity contribution in [3.8, 4) is 0 Å². The molecular weight excluding hydrogens is 142 g/mol. The van der Waals surface area contributed by atoms with Gasteiger partial charge in [-0.1, -0.05) is 13.8 Å². The Morgan fingerprint density at radius 3 is 1.91 bits per heavy atom. The highest BCUT2D eigenvalue weighted by molar-refractivity contribution is 5.80. The predicted molar refractivity (Wildman–Crippen MR) is 43.8 cm³/mol. The highest BCUT2D eigenvalue weighted by atomic mass is 16.3. The topological polar surface area (TPSA) is 63.3 Å². The second-order valence-electron chi connectivity index (χ2n) is 3.77. The van der Waals surface area contributed by atoms with Gasteiger partial charge in [-0.15, -0.1) is 0 Å². The number of aliphatic hydroxyl groups excluding tert-OH is 1. The summed E-state index contributed by atoms with van der Waals surface area (Å²) in [6.07, 6.45) is -0.667. The maximum atomic E-state index is 10.8. The average Bonchev–Trinajstić information content (AvgIpc) is 1.85. The molecular formula is C8H17NO2. The van der Waals surface area contributed by atoms with Gasteiger partial charge >= 0.3 is 0 Å². The zero-order valence-corrected chi connectivity index (χ0v) is 7.59. The molecule has 3 N–H and O–H groups in total. The molecule has 0 aromatic heterocycles. The summed E-state index contributed by atoms with van der Waals surface area (Å²) in [5.41, 5.74) is 4.28. The van der Waals surface area contributed by atoms with Crippen LogP contribution in [0.25, 0.3) is 0 Å².